The van der Waals surface area contributed by atoms with Crippen LogP contribution in [0.1, 0.15) is 49.3 Å². The predicted octanol–water partition coefficient (Wildman–Crippen LogP) is 0.798. The topological polar surface area (TPSA) is 51.7 Å². The highest BCUT2D eigenvalue weighted by molar-refractivity contribution is 6.68. The van der Waals surface area contributed by atoms with E-state index in [2.05, 4.69) is 4.98 Å². The van der Waals surface area contributed by atoms with Crippen molar-refractivity contribution in [3.8, 4) is 0 Å². The van der Waals surface area contributed by atoms with Gasteiger partial charge >= 0.3 is 7.12 Å². The number of rotatable bonds is 1. The van der Waals surface area contributed by atoms with Crippen LogP contribution in [0.25, 0.3) is 0 Å². The fourth-order valence-corrected chi connectivity index (χ4v) is 4.17. The second kappa shape index (κ2) is 5.73. The maximum absolute atomic E-state index is 15.1. The van der Waals surface area contributed by atoms with E-state index in [1.807, 2.05) is 33.8 Å². The van der Waals surface area contributed by atoms with Crippen LogP contribution >= 0.6 is 0 Å². The maximum atomic E-state index is 15.1. The normalized spacial score (nSPS) is 26.0. The number of fused-ring (bicyclic) bond motifs is 4. The number of pyridine rings is 1. The second-order valence-electron chi connectivity index (χ2n) is 8.92. The first-order chi connectivity index (χ1) is 13.5. The Morgan fingerprint density at radius 2 is 1.93 bits per heavy atom. The summed E-state index contributed by atoms with van der Waals surface area (Å²) in [6.45, 7) is 7.88. The van der Waals surface area contributed by atoms with Crippen molar-refractivity contribution in [1.82, 2.24) is 9.88 Å². The number of carbonyl (C=O) groups is 1. The summed E-state index contributed by atoms with van der Waals surface area (Å²) in [4.78, 5) is 18.6. The highest BCUT2D eigenvalue weighted by Crippen LogP contribution is 2.39. The second-order valence-corrected chi connectivity index (χ2v) is 8.92. The largest absolute Gasteiger partial charge is 0.494 e. The maximum Gasteiger partial charge on any atom is 0.494 e. The van der Waals surface area contributed by atoms with E-state index < -0.39 is 29.5 Å². The lowest BCUT2D eigenvalue weighted by molar-refractivity contribution is 0.00578. The number of benzene rings is 1. The molecule has 0 bridgehead atoms. The standard InChI is InChI=1S/C20H19B3FN2O3/c1-18(2)19(3,4)29-23(28-18)11-8-14-13(15(24)9-11)10-26-17(27)12-6-5-7-25-16(12)20(26,21)22-14/h5-9H,10H2,1-4H3. The minimum atomic E-state index is -1.21. The van der Waals surface area contributed by atoms with Crippen molar-refractivity contribution in [3.05, 3.63) is 53.1 Å². The lowest BCUT2D eigenvalue weighted by Gasteiger charge is -2.41. The van der Waals surface area contributed by atoms with E-state index in [1.165, 1.54) is 11.0 Å². The van der Waals surface area contributed by atoms with Gasteiger partial charge in [-0.2, -0.15) is 0 Å². The fourth-order valence-electron chi connectivity index (χ4n) is 4.17. The molecule has 1 unspecified atom stereocenters. The molecule has 1 fully saturated rings. The Hall–Kier alpha value is -2.12. The molecule has 1 atom stereocenters. The third kappa shape index (κ3) is 2.50. The fraction of sp³-hybridized carbons (Fsp3) is 0.400. The summed E-state index contributed by atoms with van der Waals surface area (Å²) >= 11 is 0. The summed E-state index contributed by atoms with van der Waals surface area (Å²) in [5.74, 6) is -0.658. The van der Waals surface area contributed by atoms with E-state index >= 15 is 4.39 Å². The molecule has 0 spiro atoms. The Bertz CT molecular complexity index is 1050. The van der Waals surface area contributed by atoms with Crippen LogP contribution in [-0.4, -0.2) is 49.2 Å². The minimum absolute atomic E-state index is 0.0764. The molecule has 3 aliphatic heterocycles. The van der Waals surface area contributed by atoms with Crippen LogP contribution in [0.15, 0.2) is 30.5 Å². The van der Waals surface area contributed by atoms with Gasteiger partial charge in [0.1, 0.15) is 13.7 Å². The molecule has 2 aromatic rings. The molecule has 1 amide bonds. The van der Waals surface area contributed by atoms with E-state index in [0.29, 0.717) is 27.7 Å². The molecule has 5 nitrogen and oxygen atoms in total. The van der Waals surface area contributed by atoms with Crippen LogP contribution in [0, 0.1) is 5.82 Å². The van der Waals surface area contributed by atoms with Crippen LogP contribution in [0.3, 0.4) is 0 Å². The Morgan fingerprint density at radius 3 is 2.62 bits per heavy atom. The SMILES string of the molecule is [B]C12[B]c3cc(B4OC(C)(C)C(C)(C)O4)cc(F)c3CN1C(=O)c1cccnc12. The third-order valence-electron chi connectivity index (χ3n) is 6.58. The summed E-state index contributed by atoms with van der Waals surface area (Å²) in [5.41, 5.74) is 1.51. The number of halogens is 1. The molecule has 29 heavy (non-hydrogen) atoms. The number of nitrogens with zero attached hydrogens (tertiary/aromatic N) is 2. The number of hydrogen-bond donors (Lipinski definition) is 0. The summed E-state index contributed by atoms with van der Waals surface area (Å²) < 4.78 is 27.2. The Labute approximate surface area is 171 Å². The van der Waals surface area contributed by atoms with Gasteiger partial charge in [0.05, 0.1) is 22.5 Å². The van der Waals surface area contributed by atoms with Crippen LogP contribution in [-0.2, 0) is 21.2 Å². The van der Waals surface area contributed by atoms with Gasteiger partial charge in [-0.05, 0) is 51.4 Å². The monoisotopic (exact) mass is 387 g/mol. The molecule has 1 aromatic carbocycles. The number of aromatic nitrogens is 1. The van der Waals surface area contributed by atoms with E-state index in [1.54, 1.807) is 25.6 Å². The first-order valence-corrected chi connectivity index (χ1v) is 9.64. The molecule has 5 rings (SSSR count). The van der Waals surface area contributed by atoms with E-state index in [0.717, 1.165) is 0 Å². The Balaban J connectivity index is 1.56. The van der Waals surface area contributed by atoms with Crippen molar-refractivity contribution < 1.29 is 18.5 Å². The number of amides is 1. The van der Waals surface area contributed by atoms with Gasteiger partial charge in [-0.1, -0.05) is 11.5 Å². The zero-order valence-corrected chi connectivity index (χ0v) is 16.8. The van der Waals surface area contributed by atoms with Gasteiger partial charge in [0, 0.05) is 23.6 Å². The minimum Gasteiger partial charge on any atom is -0.399 e. The van der Waals surface area contributed by atoms with Crippen molar-refractivity contribution in [1.29, 1.82) is 0 Å². The summed E-state index contributed by atoms with van der Waals surface area (Å²) in [5, 5.41) is -1.21. The molecule has 3 aliphatic rings. The summed E-state index contributed by atoms with van der Waals surface area (Å²) in [6, 6.07) is 6.65. The molecule has 143 valence electrons. The van der Waals surface area contributed by atoms with Crippen molar-refractivity contribution in [3.63, 3.8) is 0 Å². The van der Waals surface area contributed by atoms with Gasteiger partial charge in [-0.3, -0.25) is 9.78 Å². The smallest absolute Gasteiger partial charge is 0.399 e. The molecular weight excluding hydrogens is 368 g/mol. The van der Waals surface area contributed by atoms with Gasteiger partial charge in [-0.15, -0.1) is 0 Å². The molecule has 9 heteroatoms. The van der Waals surface area contributed by atoms with E-state index in [-0.39, 0.29) is 12.5 Å². The molecular formula is C20H19B3FN2O3. The lowest BCUT2D eigenvalue weighted by Crippen LogP contribution is -2.58. The van der Waals surface area contributed by atoms with Crippen LogP contribution in [0.5, 0.6) is 0 Å². The molecule has 4 heterocycles. The average molecular weight is 387 g/mol. The lowest BCUT2D eigenvalue weighted by atomic mass is 9.41. The van der Waals surface area contributed by atoms with E-state index in [4.69, 9.17) is 17.2 Å². The summed E-state index contributed by atoms with van der Waals surface area (Å²) in [6.07, 6.45) is 1.61. The Morgan fingerprint density at radius 1 is 1.24 bits per heavy atom. The molecule has 0 aliphatic carbocycles. The summed E-state index contributed by atoms with van der Waals surface area (Å²) in [7, 11) is 7.65. The molecule has 0 saturated carbocycles. The van der Waals surface area contributed by atoms with Crippen LogP contribution in [0.2, 0.25) is 0 Å². The third-order valence-corrected chi connectivity index (χ3v) is 6.58. The quantitative estimate of drug-likeness (QED) is 0.680. The highest BCUT2D eigenvalue weighted by atomic mass is 19.1. The Kier molecular flexibility index (Phi) is 3.73. The van der Waals surface area contributed by atoms with Crippen molar-refractivity contribution in [2.45, 2.75) is 50.8 Å². The first kappa shape index (κ1) is 18.9. The van der Waals surface area contributed by atoms with Crippen LogP contribution < -0.4 is 10.9 Å². The van der Waals surface area contributed by atoms with Crippen LogP contribution in [0.4, 0.5) is 4.39 Å². The van der Waals surface area contributed by atoms with Gasteiger partial charge in [0.15, 0.2) is 7.28 Å². The molecule has 0 N–H and O–H groups in total. The van der Waals surface area contributed by atoms with Crippen molar-refractivity contribution in [2.24, 2.45) is 0 Å². The van der Waals surface area contributed by atoms with Crippen molar-refractivity contribution in [2.75, 3.05) is 0 Å². The predicted molar refractivity (Wildman–Crippen MR) is 109 cm³/mol. The molecule has 1 aromatic heterocycles. The number of hydrogen-bond acceptors (Lipinski definition) is 4. The number of carbonyl (C=O) groups excluding carboxylic acids is 1. The zero-order valence-electron chi connectivity index (χ0n) is 16.8. The van der Waals surface area contributed by atoms with Gasteiger partial charge < -0.3 is 14.2 Å². The highest BCUT2D eigenvalue weighted by Gasteiger charge is 2.53. The van der Waals surface area contributed by atoms with Gasteiger partial charge in [0.2, 0.25) is 0 Å². The molecule has 1 saturated heterocycles. The van der Waals surface area contributed by atoms with E-state index in [9.17, 15) is 4.79 Å². The average Bonchev–Trinajstić information content (AvgIpc) is 3.00. The first-order valence-electron chi connectivity index (χ1n) is 9.64. The zero-order chi connectivity index (χ0) is 20.8. The van der Waals surface area contributed by atoms with Gasteiger partial charge in [-0.25, -0.2) is 4.39 Å². The molecule has 3 radical (unpaired) electrons. The van der Waals surface area contributed by atoms with Crippen molar-refractivity contribution >= 4 is 39.1 Å². The van der Waals surface area contributed by atoms with Gasteiger partial charge in [0.25, 0.3) is 5.91 Å².